The molecular weight excluding hydrogens is 250 g/mol. The number of likely N-dealkylation sites (tertiary alicyclic amines) is 1. The molecule has 1 aliphatic heterocycles. The second-order valence-corrected chi connectivity index (χ2v) is 5.33. The highest BCUT2D eigenvalue weighted by Gasteiger charge is 2.34. The Morgan fingerprint density at radius 2 is 1.89 bits per heavy atom. The van der Waals surface area contributed by atoms with E-state index in [-0.39, 0.29) is 29.8 Å². The number of carbonyl (C=O) groups is 3. The minimum Gasteiger partial charge on any atom is -0.481 e. The smallest absolute Gasteiger partial charge is 0.317 e. The summed E-state index contributed by atoms with van der Waals surface area (Å²) in [5.41, 5.74) is 5.21. The van der Waals surface area contributed by atoms with E-state index in [0.29, 0.717) is 38.8 Å². The molecule has 3 atom stereocenters. The van der Waals surface area contributed by atoms with Crippen LogP contribution in [0, 0.1) is 11.8 Å². The van der Waals surface area contributed by atoms with Gasteiger partial charge in [0.25, 0.3) is 0 Å². The monoisotopic (exact) mass is 269 g/mol. The number of amides is 3. The molecule has 0 bridgehead atoms. The SMILES string of the molecule is NC(=O)C1CCN(C(=O)N[C@H]2CC[C@@H](C(=O)O)C2)C1. The molecular formula is C12H19N3O4. The summed E-state index contributed by atoms with van der Waals surface area (Å²) in [5.74, 6) is -1.79. The summed E-state index contributed by atoms with van der Waals surface area (Å²) in [6.07, 6.45) is 2.37. The quantitative estimate of drug-likeness (QED) is 0.656. The Kier molecular flexibility index (Phi) is 3.92. The van der Waals surface area contributed by atoms with E-state index in [9.17, 15) is 14.4 Å². The highest BCUT2D eigenvalue weighted by atomic mass is 16.4. The molecule has 2 aliphatic rings. The van der Waals surface area contributed by atoms with Crippen LogP contribution in [-0.2, 0) is 9.59 Å². The first kappa shape index (κ1) is 13.6. The van der Waals surface area contributed by atoms with Crippen molar-refractivity contribution in [1.82, 2.24) is 10.2 Å². The molecule has 7 heteroatoms. The van der Waals surface area contributed by atoms with Gasteiger partial charge in [-0.15, -0.1) is 0 Å². The van der Waals surface area contributed by atoms with E-state index >= 15 is 0 Å². The zero-order chi connectivity index (χ0) is 14.0. The third kappa shape index (κ3) is 3.15. The maximum absolute atomic E-state index is 12.0. The van der Waals surface area contributed by atoms with Crippen molar-refractivity contribution in [1.29, 1.82) is 0 Å². The van der Waals surface area contributed by atoms with Crippen molar-refractivity contribution < 1.29 is 19.5 Å². The summed E-state index contributed by atoms with van der Waals surface area (Å²) in [5, 5.41) is 11.7. The molecule has 3 amide bonds. The van der Waals surface area contributed by atoms with Gasteiger partial charge < -0.3 is 21.1 Å². The Balaban J connectivity index is 1.80. The second-order valence-electron chi connectivity index (χ2n) is 5.33. The van der Waals surface area contributed by atoms with Crippen LogP contribution in [0.4, 0.5) is 4.79 Å². The summed E-state index contributed by atoms with van der Waals surface area (Å²) >= 11 is 0. The minimum absolute atomic E-state index is 0.0822. The van der Waals surface area contributed by atoms with Crippen LogP contribution in [0.3, 0.4) is 0 Å². The summed E-state index contributed by atoms with van der Waals surface area (Å²) in [7, 11) is 0. The molecule has 106 valence electrons. The van der Waals surface area contributed by atoms with Crippen LogP contribution >= 0.6 is 0 Å². The summed E-state index contributed by atoms with van der Waals surface area (Å²) in [4.78, 5) is 35.4. The van der Waals surface area contributed by atoms with Crippen molar-refractivity contribution >= 4 is 17.9 Å². The Morgan fingerprint density at radius 1 is 1.16 bits per heavy atom. The molecule has 1 heterocycles. The molecule has 2 rings (SSSR count). The van der Waals surface area contributed by atoms with Crippen LogP contribution in [-0.4, -0.2) is 47.0 Å². The Labute approximate surface area is 111 Å². The van der Waals surface area contributed by atoms with Crippen LogP contribution < -0.4 is 11.1 Å². The number of carbonyl (C=O) groups excluding carboxylic acids is 2. The van der Waals surface area contributed by atoms with Crippen molar-refractivity contribution in [2.75, 3.05) is 13.1 Å². The number of carboxylic acids is 1. The third-order valence-corrected chi connectivity index (χ3v) is 3.99. The zero-order valence-electron chi connectivity index (χ0n) is 10.7. The number of primary amides is 1. The predicted octanol–water partition coefficient (Wildman–Crippen LogP) is -0.243. The molecule has 1 saturated heterocycles. The van der Waals surface area contributed by atoms with Crippen molar-refractivity contribution in [2.24, 2.45) is 17.6 Å². The Hall–Kier alpha value is -1.79. The number of aliphatic carboxylic acids is 1. The van der Waals surface area contributed by atoms with Gasteiger partial charge in [-0.05, 0) is 25.7 Å². The number of hydrogen-bond donors (Lipinski definition) is 3. The number of hydrogen-bond acceptors (Lipinski definition) is 3. The van der Waals surface area contributed by atoms with Gasteiger partial charge in [0.15, 0.2) is 0 Å². The van der Waals surface area contributed by atoms with Gasteiger partial charge in [-0.3, -0.25) is 9.59 Å². The van der Waals surface area contributed by atoms with E-state index in [1.165, 1.54) is 0 Å². The number of nitrogens with one attached hydrogen (secondary N) is 1. The topological polar surface area (TPSA) is 113 Å². The fourth-order valence-electron chi connectivity index (χ4n) is 2.78. The molecule has 1 aliphatic carbocycles. The number of rotatable bonds is 3. The van der Waals surface area contributed by atoms with Crippen molar-refractivity contribution in [3.8, 4) is 0 Å². The predicted molar refractivity (Wildman–Crippen MR) is 66.2 cm³/mol. The number of nitrogens with zero attached hydrogens (tertiary/aromatic N) is 1. The highest BCUT2D eigenvalue weighted by Crippen LogP contribution is 2.26. The average Bonchev–Trinajstić information content (AvgIpc) is 2.96. The summed E-state index contributed by atoms with van der Waals surface area (Å²) in [6.45, 7) is 0.880. The molecule has 0 radical (unpaired) electrons. The van der Waals surface area contributed by atoms with Gasteiger partial charge in [-0.2, -0.15) is 0 Å². The van der Waals surface area contributed by atoms with E-state index < -0.39 is 5.97 Å². The number of carboxylic acid groups (broad SMARTS) is 1. The van der Waals surface area contributed by atoms with Gasteiger partial charge in [-0.1, -0.05) is 0 Å². The lowest BCUT2D eigenvalue weighted by molar-refractivity contribution is -0.141. The first-order valence-corrected chi connectivity index (χ1v) is 6.55. The van der Waals surface area contributed by atoms with E-state index in [1.807, 2.05) is 0 Å². The van der Waals surface area contributed by atoms with E-state index in [0.717, 1.165) is 0 Å². The molecule has 0 aromatic rings. The molecule has 1 unspecified atom stereocenters. The fraction of sp³-hybridized carbons (Fsp3) is 0.750. The van der Waals surface area contributed by atoms with Gasteiger partial charge in [0.2, 0.25) is 5.91 Å². The molecule has 0 aromatic carbocycles. The fourth-order valence-corrected chi connectivity index (χ4v) is 2.78. The van der Waals surface area contributed by atoms with Crippen LogP contribution in [0.2, 0.25) is 0 Å². The second kappa shape index (κ2) is 5.46. The zero-order valence-corrected chi connectivity index (χ0v) is 10.7. The molecule has 0 spiro atoms. The largest absolute Gasteiger partial charge is 0.481 e. The van der Waals surface area contributed by atoms with Crippen molar-refractivity contribution in [2.45, 2.75) is 31.7 Å². The first-order valence-electron chi connectivity index (χ1n) is 6.55. The lowest BCUT2D eigenvalue weighted by Gasteiger charge is -2.20. The van der Waals surface area contributed by atoms with Crippen LogP contribution in [0.5, 0.6) is 0 Å². The van der Waals surface area contributed by atoms with Crippen LogP contribution in [0.15, 0.2) is 0 Å². The standard InChI is InChI=1S/C12H19N3O4/c13-10(16)8-3-4-15(6-8)12(19)14-9-2-1-7(5-9)11(17)18/h7-9H,1-6H2,(H2,13,16)(H,14,19)(H,17,18)/t7-,8?,9+/m1/s1. The molecule has 4 N–H and O–H groups in total. The van der Waals surface area contributed by atoms with Crippen molar-refractivity contribution in [3.63, 3.8) is 0 Å². The minimum atomic E-state index is -0.799. The third-order valence-electron chi connectivity index (χ3n) is 3.99. The normalized spacial score (nSPS) is 30.3. The van der Waals surface area contributed by atoms with Gasteiger partial charge in [-0.25, -0.2) is 4.79 Å². The average molecular weight is 269 g/mol. The van der Waals surface area contributed by atoms with E-state index in [2.05, 4.69) is 5.32 Å². The van der Waals surface area contributed by atoms with Gasteiger partial charge in [0, 0.05) is 19.1 Å². The molecule has 7 nitrogen and oxygen atoms in total. The van der Waals surface area contributed by atoms with E-state index in [1.54, 1.807) is 4.90 Å². The highest BCUT2D eigenvalue weighted by molar-refractivity contribution is 5.80. The molecule has 0 aromatic heterocycles. The van der Waals surface area contributed by atoms with Gasteiger partial charge in [0.05, 0.1) is 11.8 Å². The lowest BCUT2D eigenvalue weighted by Crippen LogP contribution is -2.43. The van der Waals surface area contributed by atoms with Crippen molar-refractivity contribution in [3.05, 3.63) is 0 Å². The van der Waals surface area contributed by atoms with Gasteiger partial charge in [0.1, 0.15) is 0 Å². The lowest BCUT2D eigenvalue weighted by atomic mass is 10.1. The summed E-state index contributed by atoms with van der Waals surface area (Å²) in [6, 6.07) is -0.305. The Bertz CT molecular complexity index is 398. The summed E-state index contributed by atoms with van der Waals surface area (Å²) < 4.78 is 0. The number of nitrogens with two attached hydrogens (primary N) is 1. The first-order chi connectivity index (χ1) is 8.97. The van der Waals surface area contributed by atoms with Crippen LogP contribution in [0.25, 0.3) is 0 Å². The number of urea groups is 1. The maximum Gasteiger partial charge on any atom is 0.317 e. The Morgan fingerprint density at radius 3 is 2.42 bits per heavy atom. The van der Waals surface area contributed by atoms with Crippen LogP contribution in [0.1, 0.15) is 25.7 Å². The van der Waals surface area contributed by atoms with E-state index in [4.69, 9.17) is 10.8 Å². The molecule has 2 fully saturated rings. The maximum atomic E-state index is 12.0. The van der Waals surface area contributed by atoms with Gasteiger partial charge >= 0.3 is 12.0 Å². The molecule has 1 saturated carbocycles. The molecule has 19 heavy (non-hydrogen) atoms.